The zero-order valence-electron chi connectivity index (χ0n) is 11.3. The van der Waals surface area contributed by atoms with E-state index < -0.39 is 0 Å². The van der Waals surface area contributed by atoms with Crippen LogP contribution < -0.4 is 17.2 Å². The lowest BCUT2D eigenvalue weighted by atomic mass is 10.1. The molecular weight excluding hydrogens is 274 g/mol. The van der Waals surface area contributed by atoms with E-state index in [2.05, 4.69) is 4.99 Å². The summed E-state index contributed by atoms with van der Waals surface area (Å²) in [7, 11) is 0. The molecule has 0 amide bonds. The molecule has 6 N–H and O–H groups in total. The van der Waals surface area contributed by atoms with Crippen molar-refractivity contribution in [2.75, 3.05) is 13.1 Å². The maximum absolute atomic E-state index is 6.05. The maximum atomic E-state index is 6.05. The Bertz CT molecular complexity index is 501. The first-order valence-corrected chi connectivity index (χ1v) is 7.00. The first-order chi connectivity index (χ1) is 9.60. The average Bonchev–Trinajstić information content (AvgIpc) is 2.46. The molecule has 5 nitrogen and oxygen atoms in total. The van der Waals surface area contributed by atoms with Crippen molar-refractivity contribution in [3.05, 3.63) is 41.1 Å². The highest BCUT2D eigenvalue weighted by Gasteiger charge is 2.17. The van der Waals surface area contributed by atoms with Gasteiger partial charge in [-0.3, -0.25) is 0 Å². The minimum atomic E-state index is 0.264. The molecule has 1 saturated heterocycles. The molecule has 1 heterocycles. The number of likely N-dealkylation sites (tertiary alicyclic amines) is 1. The van der Waals surface area contributed by atoms with Crippen LogP contribution in [0.4, 0.5) is 0 Å². The molecule has 1 aliphatic rings. The van der Waals surface area contributed by atoms with Gasteiger partial charge in [0.2, 0.25) is 0 Å². The summed E-state index contributed by atoms with van der Waals surface area (Å²) in [6, 6.07) is 7.59. The summed E-state index contributed by atoms with van der Waals surface area (Å²) in [6.45, 7) is 1.66. The lowest BCUT2D eigenvalue weighted by molar-refractivity contribution is 0.311. The summed E-state index contributed by atoms with van der Waals surface area (Å²) in [5.74, 6) is 0.476. The van der Waals surface area contributed by atoms with Crippen LogP contribution in [0.1, 0.15) is 18.4 Å². The first-order valence-electron chi connectivity index (χ1n) is 6.62. The molecule has 0 aromatic heterocycles. The quantitative estimate of drug-likeness (QED) is 0.566. The van der Waals surface area contributed by atoms with Gasteiger partial charge in [-0.2, -0.15) is 0 Å². The van der Waals surface area contributed by atoms with Crippen LogP contribution in [0.2, 0.25) is 5.02 Å². The molecule has 1 aromatic rings. The second-order valence-electron chi connectivity index (χ2n) is 4.85. The van der Waals surface area contributed by atoms with Gasteiger partial charge in [-0.25, -0.2) is 4.99 Å². The van der Waals surface area contributed by atoms with Crippen molar-refractivity contribution in [1.29, 1.82) is 0 Å². The van der Waals surface area contributed by atoms with Gasteiger partial charge in [0.25, 0.3) is 0 Å². The van der Waals surface area contributed by atoms with Crippen LogP contribution in [0.25, 0.3) is 5.70 Å². The molecule has 20 heavy (non-hydrogen) atoms. The largest absolute Gasteiger partial charge is 0.403 e. The van der Waals surface area contributed by atoms with Crippen LogP contribution >= 0.6 is 11.6 Å². The second-order valence-corrected chi connectivity index (χ2v) is 5.29. The molecule has 1 fully saturated rings. The van der Waals surface area contributed by atoms with Crippen LogP contribution in [0.5, 0.6) is 0 Å². The van der Waals surface area contributed by atoms with Crippen LogP contribution in [0.15, 0.2) is 35.5 Å². The average molecular weight is 294 g/mol. The van der Waals surface area contributed by atoms with Crippen LogP contribution in [-0.4, -0.2) is 30.0 Å². The number of rotatable bonds is 2. The molecule has 0 atom stereocenters. The van der Waals surface area contributed by atoms with Crippen molar-refractivity contribution in [2.24, 2.45) is 22.2 Å². The van der Waals surface area contributed by atoms with E-state index in [0.29, 0.717) is 16.7 Å². The number of nitrogens with two attached hydrogens (primary N) is 3. The summed E-state index contributed by atoms with van der Waals surface area (Å²) >= 11 is 5.87. The molecule has 0 radical (unpaired) electrons. The Hall–Kier alpha value is -1.72. The number of aliphatic imine (C=N–C) groups is 1. The summed E-state index contributed by atoms with van der Waals surface area (Å²) in [6.07, 6.45) is 3.31. The van der Waals surface area contributed by atoms with E-state index in [1.165, 1.54) is 6.20 Å². The third-order valence-corrected chi connectivity index (χ3v) is 3.65. The number of piperidine rings is 1. The van der Waals surface area contributed by atoms with Crippen LogP contribution in [0, 0.1) is 0 Å². The summed E-state index contributed by atoms with van der Waals surface area (Å²) in [4.78, 5) is 6.45. The monoisotopic (exact) mass is 293 g/mol. The van der Waals surface area contributed by atoms with Crippen molar-refractivity contribution in [2.45, 2.75) is 18.9 Å². The van der Waals surface area contributed by atoms with Gasteiger partial charge in [-0.05, 0) is 25.0 Å². The van der Waals surface area contributed by atoms with Gasteiger partial charge < -0.3 is 22.1 Å². The molecule has 1 aliphatic heterocycles. The molecular formula is C14H20ClN5. The molecule has 108 valence electrons. The number of benzene rings is 1. The zero-order chi connectivity index (χ0) is 14.5. The summed E-state index contributed by atoms with van der Waals surface area (Å²) in [5.41, 5.74) is 19.1. The third-order valence-electron chi connectivity index (χ3n) is 3.40. The Labute approximate surface area is 124 Å². The Morgan fingerprint density at radius 1 is 1.25 bits per heavy atom. The van der Waals surface area contributed by atoms with Crippen molar-refractivity contribution >= 4 is 23.3 Å². The van der Waals surface area contributed by atoms with Gasteiger partial charge in [0, 0.05) is 35.9 Å². The Kier molecular flexibility index (Phi) is 4.87. The zero-order valence-corrected chi connectivity index (χ0v) is 12.1. The number of hydrogen-bond acceptors (Lipinski definition) is 3. The van der Waals surface area contributed by atoms with E-state index in [1.807, 2.05) is 17.0 Å². The minimum absolute atomic E-state index is 0.264. The van der Waals surface area contributed by atoms with Crippen molar-refractivity contribution in [3.8, 4) is 0 Å². The molecule has 0 saturated carbocycles. The highest BCUT2D eigenvalue weighted by molar-refractivity contribution is 6.30. The second kappa shape index (κ2) is 6.63. The van der Waals surface area contributed by atoms with Crippen LogP contribution in [-0.2, 0) is 0 Å². The Morgan fingerprint density at radius 3 is 2.40 bits per heavy atom. The van der Waals surface area contributed by atoms with Gasteiger partial charge in [-0.1, -0.05) is 23.7 Å². The van der Waals surface area contributed by atoms with Gasteiger partial charge in [0.15, 0.2) is 5.96 Å². The normalized spacial score (nSPS) is 18.4. The number of halogens is 1. The van der Waals surface area contributed by atoms with Gasteiger partial charge >= 0.3 is 0 Å². The van der Waals surface area contributed by atoms with Gasteiger partial charge in [-0.15, -0.1) is 0 Å². The van der Waals surface area contributed by atoms with E-state index in [4.69, 9.17) is 28.8 Å². The first kappa shape index (κ1) is 14.7. The maximum Gasteiger partial charge on any atom is 0.196 e. The lowest BCUT2D eigenvalue weighted by Gasteiger charge is -2.30. The Morgan fingerprint density at radius 2 is 1.85 bits per heavy atom. The fourth-order valence-corrected chi connectivity index (χ4v) is 2.27. The molecule has 0 aliphatic carbocycles. The molecule has 1 aromatic carbocycles. The van der Waals surface area contributed by atoms with Gasteiger partial charge in [0.1, 0.15) is 0 Å². The van der Waals surface area contributed by atoms with Crippen molar-refractivity contribution < 1.29 is 0 Å². The van der Waals surface area contributed by atoms with Gasteiger partial charge in [0.05, 0.1) is 5.70 Å². The number of guanidine groups is 1. The SMILES string of the molecule is N/C=C(\N=C(N)N1CCC(N)CC1)c1ccc(Cl)cc1. The van der Waals surface area contributed by atoms with E-state index in [1.54, 1.807) is 12.1 Å². The van der Waals surface area contributed by atoms with Crippen molar-refractivity contribution in [1.82, 2.24) is 4.90 Å². The standard InChI is InChI=1S/C14H20ClN5/c15-11-3-1-10(2-4-11)13(9-16)19-14(18)20-7-5-12(17)6-8-20/h1-4,9,12H,5-8,16-17H2,(H2,18,19)/b13-9-. The molecule has 6 heteroatoms. The number of hydrogen-bond donors (Lipinski definition) is 3. The van der Waals surface area contributed by atoms with E-state index in [0.717, 1.165) is 31.5 Å². The number of nitrogens with zero attached hydrogens (tertiary/aromatic N) is 2. The Balaban J connectivity index is 2.12. The molecule has 0 unspecified atom stereocenters. The third kappa shape index (κ3) is 3.65. The fourth-order valence-electron chi connectivity index (χ4n) is 2.14. The summed E-state index contributed by atoms with van der Waals surface area (Å²) in [5, 5.41) is 0.673. The highest BCUT2D eigenvalue weighted by Crippen LogP contribution is 2.18. The highest BCUT2D eigenvalue weighted by atomic mass is 35.5. The molecule has 2 rings (SSSR count). The van der Waals surface area contributed by atoms with E-state index in [9.17, 15) is 0 Å². The smallest absolute Gasteiger partial charge is 0.196 e. The predicted molar refractivity (Wildman–Crippen MR) is 84.0 cm³/mol. The molecule has 0 bridgehead atoms. The van der Waals surface area contributed by atoms with E-state index >= 15 is 0 Å². The summed E-state index contributed by atoms with van der Waals surface area (Å²) < 4.78 is 0. The molecule has 0 spiro atoms. The predicted octanol–water partition coefficient (Wildman–Crippen LogP) is 1.33. The fraction of sp³-hybridized carbons (Fsp3) is 0.357. The van der Waals surface area contributed by atoms with Crippen LogP contribution in [0.3, 0.4) is 0 Å². The van der Waals surface area contributed by atoms with E-state index in [-0.39, 0.29) is 6.04 Å². The van der Waals surface area contributed by atoms with Crippen molar-refractivity contribution in [3.63, 3.8) is 0 Å². The topological polar surface area (TPSA) is 93.7 Å². The minimum Gasteiger partial charge on any atom is -0.403 e. The lowest BCUT2D eigenvalue weighted by Crippen LogP contribution is -2.46.